The normalized spacial score (nSPS) is 21.8. The van der Waals surface area contributed by atoms with Gasteiger partial charge in [-0.25, -0.2) is 0 Å². The van der Waals surface area contributed by atoms with Gasteiger partial charge in [0, 0.05) is 5.69 Å². The van der Waals surface area contributed by atoms with Crippen molar-refractivity contribution in [2.75, 3.05) is 4.90 Å². The van der Waals surface area contributed by atoms with Crippen molar-refractivity contribution >= 4 is 23.2 Å². The fourth-order valence-electron chi connectivity index (χ4n) is 2.53. The summed E-state index contributed by atoms with van der Waals surface area (Å²) >= 11 is 6.22. The highest BCUT2D eigenvalue weighted by Gasteiger charge is 2.47. The summed E-state index contributed by atoms with van der Waals surface area (Å²) in [6.07, 6.45) is 0. The van der Waals surface area contributed by atoms with E-state index in [4.69, 9.17) is 11.6 Å². The Kier molecular flexibility index (Phi) is 3.27. The van der Waals surface area contributed by atoms with E-state index in [9.17, 15) is 4.79 Å². The number of hydrogen-bond donors (Lipinski definition) is 0. The fraction of sp³-hybridized carbons (Fsp3) is 0.235. The van der Waals surface area contributed by atoms with Crippen molar-refractivity contribution in [3.05, 3.63) is 65.2 Å². The molecule has 3 heteroatoms. The first-order valence-electron chi connectivity index (χ1n) is 6.68. The molecule has 1 fully saturated rings. The molecule has 0 saturated carbocycles. The number of halogens is 1. The van der Waals surface area contributed by atoms with E-state index >= 15 is 0 Å². The molecule has 0 bridgehead atoms. The van der Waals surface area contributed by atoms with Crippen LogP contribution in [0.3, 0.4) is 0 Å². The molecular weight excluding hydrogens is 270 g/mol. The van der Waals surface area contributed by atoms with Crippen LogP contribution in [-0.2, 0) is 4.79 Å². The molecule has 2 aromatic rings. The summed E-state index contributed by atoms with van der Waals surface area (Å²) in [5.74, 6) is -0.0268. The lowest BCUT2D eigenvalue weighted by atomic mass is 9.91. The molecule has 2 unspecified atom stereocenters. The summed E-state index contributed by atoms with van der Waals surface area (Å²) in [6, 6.07) is 16.1. The van der Waals surface area contributed by atoms with E-state index < -0.39 is 5.38 Å². The van der Waals surface area contributed by atoms with E-state index in [1.54, 1.807) is 4.90 Å². The van der Waals surface area contributed by atoms with Crippen molar-refractivity contribution in [2.45, 2.75) is 25.3 Å². The molecule has 0 radical (unpaired) electrons. The van der Waals surface area contributed by atoms with Crippen LogP contribution >= 0.6 is 11.6 Å². The molecule has 1 amide bonds. The average Bonchev–Trinajstić information content (AvgIpc) is 2.46. The quantitative estimate of drug-likeness (QED) is 0.603. The van der Waals surface area contributed by atoms with Crippen LogP contribution in [0.15, 0.2) is 48.5 Å². The largest absolute Gasteiger partial charge is 0.302 e. The SMILES string of the molecule is Cc1ccc(C2C(Cl)C(=O)N2c2ccc(C)cc2)cc1. The number of anilines is 1. The summed E-state index contributed by atoms with van der Waals surface area (Å²) in [5, 5.41) is -0.473. The van der Waals surface area contributed by atoms with Gasteiger partial charge in [-0.1, -0.05) is 47.5 Å². The highest BCUT2D eigenvalue weighted by molar-refractivity contribution is 6.37. The minimum Gasteiger partial charge on any atom is -0.302 e. The zero-order chi connectivity index (χ0) is 14.3. The Balaban J connectivity index is 1.95. The van der Waals surface area contributed by atoms with Gasteiger partial charge in [0.05, 0.1) is 6.04 Å². The summed E-state index contributed by atoms with van der Waals surface area (Å²) in [4.78, 5) is 13.9. The lowest BCUT2D eigenvalue weighted by molar-refractivity contribution is -0.123. The van der Waals surface area contributed by atoms with E-state index in [2.05, 4.69) is 12.1 Å². The van der Waals surface area contributed by atoms with Crippen LogP contribution in [0.1, 0.15) is 22.7 Å². The van der Waals surface area contributed by atoms with Crippen LogP contribution in [0.2, 0.25) is 0 Å². The van der Waals surface area contributed by atoms with Gasteiger partial charge in [0.25, 0.3) is 0 Å². The van der Waals surface area contributed by atoms with Crippen molar-refractivity contribution in [2.24, 2.45) is 0 Å². The summed E-state index contributed by atoms with van der Waals surface area (Å²) in [5.41, 5.74) is 4.36. The van der Waals surface area contributed by atoms with Gasteiger partial charge < -0.3 is 4.90 Å². The molecule has 0 N–H and O–H groups in total. The summed E-state index contributed by atoms with van der Waals surface area (Å²) in [7, 11) is 0. The van der Waals surface area contributed by atoms with Crippen LogP contribution < -0.4 is 4.90 Å². The van der Waals surface area contributed by atoms with Crippen LogP contribution in [-0.4, -0.2) is 11.3 Å². The second-order valence-corrected chi connectivity index (χ2v) is 5.77. The molecule has 2 atom stereocenters. The number of hydrogen-bond acceptors (Lipinski definition) is 1. The van der Waals surface area contributed by atoms with Crippen molar-refractivity contribution < 1.29 is 4.79 Å². The molecule has 1 heterocycles. The molecule has 3 rings (SSSR count). The van der Waals surface area contributed by atoms with Gasteiger partial charge in [0.2, 0.25) is 5.91 Å². The maximum absolute atomic E-state index is 12.1. The number of nitrogens with zero attached hydrogens (tertiary/aromatic N) is 1. The molecule has 2 aromatic carbocycles. The summed E-state index contributed by atoms with van der Waals surface area (Å²) < 4.78 is 0. The maximum Gasteiger partial charge on any atom is 0.248 e. The number of carbonyl (C=O) groups excluding carboxylic acids is 1. The van der Waals surface area contributed by atoms with Crippen LogP contribution in [0.4, 0.5) is 5.69 Å². The van der Waals surface area contributed by atoms with E-state index in [0.29, 0.717) is 0 Å². The van der Waals surface area contributed by atoms with Gasteiger partial charge >= 0.3 is 0 Å². The van der Waals surface area contributed by atoms with E-state index in [-0.39, 0.29) is 11.9 Å². The highest BCUT2D eigenvalue weighted by atomic mass is 35.5. The lowest BCUT2D eigenvalue weighted by Crippen LogP contribution is -2.56. The molecule has 1 saturated heterocycles. The lowest BCUT2D eigenvalue weighted by Gasteiger charge is -2.44. The number of rotatable bonds is 2. The predicted molar refractivity (Wildman–Crippen MR) is 82.2 cm³/mol. The Bertz CT molecular complexity index is 633. The monoisotopic (exact) mass is 285 g/mol. The van der Waals surface area contributed by atoms with Gasteiger partial charge in [-0.2, -0.15) is 0 Å². The van der Waals surface area contributed by atoms with Gasteiger partial charge in [-0.05, 0) is 31.5 Å². The second kappa shape index (κ2) is 4.95. The standard InChI is InChI=1S/C17H16ClNO/c1-11-3-7-13(8-4-11)16-15(18)17(20)19(16)14-9-5-12(2)6-10-14/h3-10,15-16H,1-2H3. The summed E-state index contributed by atoms with van der Waals surface area (Å²) in [6.45, 7) is 4.08. The van der Waals surface area contributed by atoms with Crippen molar-refractivity contribution in [3.8, 4) is 0 Å². The third-order valence-corrected chi connectivity index (χ3v) is 4.19. The molecule has 102 valence electrons. The Hall–Kier alpha value is -1.80. The topological polar surface area (TPSA) is 20.3 Å². The Morgan fingerprint density at radius 2 is 1.40 bits per heavy atom. The number of β-lactam (4-membered cyclic amide) rings is 1. The number of alkyl halides is 1. The van der Waals surface area contributed by atoms with Crippen LogP contribution in [0.5, 0.6) is 0 Å². The highest BCUT2D eigenvalue weighted by Crippen LogP contribution is 2.42. The fourth-order valence-corrected chi connectivity index (χ4v) is 2.89. The van der Waals surface area contributed by atoms with Gasteiger partial charge in [-0.3, -0.25) is 4.79 Å². The van der Waals surface area contributed by atoms with Crippen molar-refractivity contribution in [1.82, 2.24) is 0 Å². The van der Waals surface area contributed by atoms with Gasteiger partial charge in [0.1, 0.15) is 5.38 Å². The average molecular weight is 286 g/mol. The van der Waals surface area contributed by atoms with Crippen LogP contribution in [0, 0.1) is 13.8 Å². The maximum atomic E-state index is 12.1. The van der Waals surface area contributed by atoms with E-state index in [0.717, 1.165) is 11.3 Å². The first kappa shape index (κ1) is 13.2. The number of carbonyl (C=O) groups is 1. The van der Waals surface area contributed by atoms with Crippen molar-refractivity contribution in [3.63, 3.8) is 0 Å². The number of benzene rings is 2. The van der Waals surface area contributed by atoms with Crippen LogP contribution in [0.25, 0.3) is 0 Å². The van der Waals surface area contributed by atoms with E-state index in [1.807, 2.05) is 50.2 Å². The van der Waals surface area contributed by atoms with E-state index in [1.165, 1.54) is 11.1 Å². The molecule has 20 heavy (non-hydrogen) atoms. The number of amides is 1. The third kappa shape index (κ3) is 2.10. The second-order valence-electron chi connectivity index (χ2n) is 5.30. The minimum atomic E-state index is -0.473. The molecular formula is C17H16ClNO. The molecule has 1 aliphatic rings. The third-order valence-electron chi connectivity index (χ3n) is 3.76. The van der Waals surface area contributed by atoms with Gasteiger partial charge in [-0.15, -0.1) is 11.6 Å². The first-order valence-corrected chi connectivity index (χ1v) is 7.12. The Morgan fingerprint density at radius 1 is 0.900 bits per heavy atom. The molecule has 2 nitrogen and oxygen atoms in total. The molecule has 0 aliphatic carbocycles. The minimum absolute atomic E-state index is 0.0268. The van der Waals surface area contributed by atoms with Gasteiger partial charge in [0.15, 0.2) is 0 Å². The smallest absolute Gasteiger partial charge is 0.248 e. The predicted octanol–water partition coefficient (Wildman–Crippen LogP) is 4.00. The van der Waals surface area contributed by atoms with Crippen molar-refractivity contribution in [1.29, 1.82) is 0 Å². The first-order chi connectivity index (χ1) is 9.58. The Morgan fingerprint density at radius 3 is 1.95 bits per heavy atom. The molecule has 0 spiro atoms. The number of aryl methyl sites for hydroxylation is 2. The molecule has 1 aliphatic heterocycles. The Labute approximate surface area is 124 Å². The zero-order valence-electron chi connectivity index (χ0n) is 11.5. The molecule has 0 aromatic heterocycles. The zero-order valence-corrected chi connectivity index (χ0v) is 12.3.